The van der Waals surface area contributed by atoms with Crippen LogP contribution in [0.4, 0.5) is 17.2 Å². The van der Waals surface area contributed by atoms with Gasteiger partial charge in [-0.2, -0.15) is 0 Å². The van der Waals surface area contributed by atoms with Gasteiger partial charge in [0.15, 0.2) is 0 Å². The molecule has 0 radical (unpaired) electrons. The molecule has 372 valence electrons. The van der Waals surface area contributed by atoms with Crippen LogP contribution in [0.15, 0.2) is 89.3 Å². The number of piperidine rings is 1. The molecule has 2 aromatic carbocycles. The summed E-state index contributed by atoms with van der Waals surface area (Å²) in [7, 11) is -4.48. The molecule has 1 spiro atoms. The Bertz CT molecular complexity index is 2790. The molecule has 1 atom stereocenters. The zero-order valence-electron chi connectivity index (χ0n) is 40.6. The minimum Gasteiger partial charge on any atom is -0.455 e. The van der Waals surface area contributed by atoms with Gasteiger partial charge in [-0.15, -0.1) is 4.91 Å². The molecule has 3 aromatic heterocycles. The van der Waals surface area contributed by atoms with Gasteiger partial charge in [0.1, 0.15) is 34.2 Å². The Kier molecular flexibility index (Phi) is 13.7. The van der Waals surface area contributed by atoms with Crippen LogP contribution in [0.3, 0.4) is 0 Å². The van der Waals surface area contributed by atoms with E-state index in [4.69, 9.17) is 14.5 Å². The summed E-state index contributed by atoms with van der Waals surface area (Å²) in [5.74, 6) is 0.920. The third-order valence-corrected chi connectivity index (χ3v) is 17.5. The lowest BCUT2D eigenvalue weighted by atomic mass is 9.59. The number of hydrogen-bond donors (Lipinski definition) is 4. The van der Waals surface area contributed by atoms with Crippen molar-refractivity contribution in [3.05, 3.63) is 101 Å². The monoisotopic (exact) mass is 973 g/mol. The Hall–Kier alpha value is -5.46. The Morgan fingerprint density at radius 2 is 1.71 bits per heavy atom. The van der Waals surface area contributed by atoms with E-state index in [1.54, 1.807) is 24.5 Å². The quantitative estimate of drug-likeness (QED) is 0.0771. The van der Waals surface area contributed by atoms with Crippen molar-refractivity contribution in [2.24, 2.45) is 16.5 Å². The first-order chi connectivity index (χ1) is 33.7. The van der Waals surface area contributed by atoms with Gasteiger partial charge >= 0.3 is 0 Å². The van der Waals surface area contributed by atoms with Crippen LogP contribution in [0.25, 0.3) is 11.0 Å². The molecule has 2 aliphatic carbocycles. The lowest BCUT2D eigenvalue weighted by Gasteiger charge is -2.59. The largest absolute Gasteiger partial charge is 0.455 e. The van der Waals surface area contributed by atoms with Gasteiger partial charge in [-0.05, 0) is 135 Å². The Morgan fingerprint density at radius 3 is 2.47 bits per heavy atom. The maximum atomic E-state index is 14.0. The number of nitrogens with one attached hydrogen (secondary N) is 3. The van der Waals surface area contributed by atoms with E-state index in [1.807, 2.05) is 13.0 Å². The van der Waals surface area contributed by atoms with E-state index in [1.165, 1.54) is 29.5 Å². The number of benzene rings is 2. The maximum Gasteiger partial charge on any atom is 0.270 e. The molecule has 2 saturated carbocycles. The molecule has 16 nitrogen and oxygen atoms in total. The predicted octanol–water partition coefficient (Wildman–Crippen LogP) is 9.03. The van der Waals surface area contributed by atoms with Crippen molar-refractivity contribution in [1.29, 1.82) is 0 Å². The van der Waals surface area contributed by atoms with Crippen molar-refractivity contribution >= 4 is 44.2 Å². The highest BCUT2D eigenvalue weighted by Crippen LogP contribution is 2.53. The van der Waals surface area contributed by atoms with Gasteiger partial charge in [-0.1, -0.05) is 38.1 Å². The van der Waals surface area contributed by atoms with Gasteiger partial charge in [0.2, 0.25) is 0 Å². The molecule has 10 rings (SSSR count). The number of hydrogen-bond acceptors (Lipinski definition) is 14. The molecule has 70 heavy (non-hydrogen) atoms. The van der Waals surface area contributed by atoms with Crippen molar-refractivity contribution in [3.63, 3.8) is 0 Å². The first kappa shape index (κ1) is 48.2. The van der Waals surface area contributed by atoms with Crippen LogP contribution < -0.4 is 19.7 Å². The number of anilines is 2. The van der Waals surface area contributed by atoms with E-state index in [2.05, 4.69) is 78.0 Å². The van der Waals surface area contributed by atoms with E-state index in [0.29, 0.717) is 66.3 Å². The van der Waals surface area contributed by atoms with Gasteiger partial charge in [-0.25, -0.2) is 23.1 Å². The lowest BCUT2D eigenvalue weighted by Crippen LogP contribution is -2.61. The highest BCUT2D eigenvalue weighted by atomic mass is 32.2. The topological polar surface area (TPSA) is 195 Å². The number of aliphatic hydroxyl groups is 1. The van der Waals surface area contributed by atoms with Gasteiger partial charge in [0.05, 0.1) is 22.4 Å². The van der Waals surface area contributed by atoms with E-state index in [0.717, 1.165) is 109 Å². The number of H-pyrrole nitrogens is 1. The van der Waals surface area contributed by atoms with E-state index < -0.39 is 21.5 Å². The zero-order valence-corrected chi connectivity index (χ0v) is 41.4. The fraction of sp³-hybridized carbons (Fsp3) is 0.528. The fourth-order valence-electron chi connectivity index (χ4n) is 11.9. The Balaban J connectivity index is 0.828. The summed E-state index contributed by atoms with van der Waals surface area (Å²) in [6.45, 7) is 13.5. The number of fused-ring (bicyclic) bond motifs is 1. The van der Waals surface area contributed by atoms with Crippen molar-refractivity contribution in [2.75, 3.05) is 62.7 Å². The summed E-state index contributed by atoms with van der Waals surface area (Å²) in [4.78, 5) is 45.8. The van der Waals surface area contributed by atoms with Crippen LogP contribution in [0.5, 0.6) is 11.5 Å². The van der Waals surface area contributed by atoms with Crippen LogP contribution in [0.1, 0.15) is 118 Å². The molecular formula is C53H67N9O7S. The number of carbonyl (C=O) groups excluding carboxylic acids is 1. The van der Waals surface area contributed by atoms with Crippen LogP contribution in [0, 0.1) is 16.2 Å². The maximum absolute atomic E-state index is 14.0. The molecule has 6 heterocycles. The second-order valence-electron chi connectivity index (χ2n) is 21.2. The van der Waals surface area contributed by atoms with Crippen LogP contribution in [0.2, 0.25) is 0 Å². The van der Waals surface area contributed by atoms with E-state index in [9.17, 15) is 23.2 Å². The number of pyridine rings is 2. The number of amides is 1. The zero-order chi connectivity index (χ0) is 48.6. The summed E-state index contributed by atoms with van der Waals surface area (Å²) >= 11 is 0. The number of aromatic nitrogens is 3. The second-order valence-corrected chi connectivity index (χ2v) is 22.9. The van der Waals surface area contributed by atoms with Crippen molar-refractivity contribution in [3.8, 4) is 11.5 Å². The number of nitrogens with zero attached hydrogens (tertiary/aromatic N) is 6. The SMILES string of the molecule is CC(C)c1ccccc1C1CN(C2CCOCC2)CCN1C1CC2(CCN(c3cc(Oc4cnc5[nH]ccc5c4)c(C(=O)NS(=O)(=O)c4ccc(NC[C@H]5CC[C@](C)(O)CC5)c(N=O)c4)cn3)CC2)C1. The number of sulfonamides is 1. The number of aromatic amines is 1. The van der Waals surface area contributed by atoms with Gasteiger partial charge in [0.25, 0.3) is 15.9 Å². The molecule has 5 aliphatic rings. The van der Waals surface area contributed by atoms with Crippen molar-refractivity contribution in [2.45, 2.75) is 120 Å². The smallest absolute Gasteiger partial charge is 0.270 e. The number of ether oxygens (including phenoxy) is 2. The van der Waals surface area contributed by atoms with Crippen LogP contribution in [-0.4, -0.2) is 114 Å². The summed E-state index contributed by atoms with van der Waals surface area (Å²) in [5.41, 5.74) is 3.39. The van der Waals surface area contributed by atoms with Gasteiger partial charge < -0.3 is 29.8 Å². The first-order valence-electron chi connectivity index (χ1n) is 25.3. The predicted molar refractivity (Wildman–Crippen MR) is 270 cm³/mol. The first-order valence-corrected chi connectivity index (χ1v) is 26.8. The van der Waals surface area contributed by atoms with E-state index in [-0.39, 0.29) is 33.2 Å². The normalized spacial score (nSPS) is 23.9. The molecule has 5 aromatic rings. The van der Waals surface area contributed by atoms with Crippen molar-refractivity contribution in [1.82, 2.24) is 29.5 Å². The second kappa shape index (κ2) is 20.0. The average molecular weight is 974 g/mol. The minimum atomic E-state index is -4.48. The molecule has 3 aliphatic heterocycles. The molecule has 1 unspecified atom stereocenters. The standard InChI is InChI=1S/C53H67N9O7S/c1-35(2)42-6-4-5-7-43(42)47-34-61(38-13-24-68-25-14-38)22-23-62(47)39-29-53(30-39)17-20-60(21-18-53)49-28-48(69-40-26-37-12-19-54-50(37)57-32-40)44(33-56-49)51(63)59-70(66,67)41-8-9-45(46(27-41)58-65)55-31-36-10-15-52(3,64)16-11-36/h4-9,12,19,26-28,32-33,35-36,38-39,47,55,64H,10-11,13-18,20-25,29-31,34H2,1-3H3,(H,54,57)(H,59,63)/t36-,47?,52-. The molecule has 3 saturated heterocycles. The Labute approximate surface area is 411 Å². The number of nitroso groups, excluding NO2 is 1. The summed E-state index contributed by atoms with van der Waals surface area (Å²) in [6, 6.07) is 19.9. The molecule has 0 bridgehead atoms. The molecule has 1 amide bonds. The lowest BCUT2D eigenvalue weighted by molar-refractivity contribution is -0.0751. The summed E-state index contributed by atoms with van der Waals surface area (Å²) < 4.78 is 41.9. The molecule has 5 fully saturated rings. The number of carbonyl (C=O) groups is 1. The van der Waals surface area contributed by atoms with E-state index >= 15 is 0 Å². The Morgan fingerprint density at radius 1 is 0.943 bits per heavy atom. The van der Waals surface area contributed by atoms with Crippen molar-refractivity contribution < 1.29 is 27.8 Å². The average Bonchev–Trinajstić information content (AvgIpc) is 3.83. The molecule has 4 N–H and O–H groups in total. The highest BCUT2D eigenvalue weighted by molar-refractivity contribution is 7.90. The number of rotatable bonds is 14. The third kappa shape index (κ3) is 10.3. The molecular weight excluding hydrogens is 907 g/mol. The van der Waals surface area contributed by atoms with Gasteiger partial charge in [0, 0.05) is 94.5 Å². The minimum absolute atomic E-state index is 0.0826. The molecule has 17 heteroatoms. The van der Waals surface area contributed by atoms with Crippen LogP contribution >= 0.6 is 0 Å². The van der Waals surface area contributed by atoms with Crippen LogP contribution in [-0.2, 0) is 14.8 Å². The fourth-order valence-corrected chi connectivity index (χ4v) is 12.9. The third-order valence-electron chi connectivity index (χ3n) is 16.2. The van der Waals surface area contributed by atoms with Gasteiger partial charge in [-0.3, -0.25) is 14.6 Å². The highest BCUT2D eigenvalue weighted by Gasteiger charge is 2.50. The summed E-state index contributed by atoms with van der Waals surface area (Å²) in [6.07, 6.45) is 14.3. The number of piperazine rings is 1. The summed E-state index contributed by atoms with van der Waals surface area (Å²) in [5, 5.41) is 17.5.